The first-order valence-electron chi connectivity index (χ1n) is 10.5. The molecule has 1 aromatic carbocycles. The molecule has 1 atom stereocenters. The standard InChI is InChI=1S/C22H27N5O3/c1-13-16-4-3-15(9-17(16)26-25-13)20-14(2)23-21(18(11-28)24-20)27-7-5-22(6-8-27)10-19(29)30-12-22/h3-4,9,19,28-29H,5-8,10-12H2,1-2H3,(H,25,26)/t19-/m1/s1. The number of nitrogens with zero attached hydrogens (tertiary/aromatic N) is 4. The molecule has 0 saturated carbocycles. The van der Waals surface area contributed by atoms with Gasteiger partial charge in [0.1, 0.15) is 5.69 Å². The van der Waals surface area contributed by atoms with Crippen molar-refractivity contribution in [1.29, 1.82) is 0 Å². The summed E-state index contributed by atoms with van der Waals surface area (Å²) in [5.41, 5.74) is 5.14. The molecule has 0 unspecified atom stereocenters. The Labute approximate surface area is 174 Å². The summed E-state index contributed by atoms with van der Waals surface area (Å²) in [5, 5.41) is 28.2. The van der Waals surface area contributed by atoms with E-state index in [2.05, 4.69) is 15.1 Å². The fourth-order valence-electron chi connectivity index (χ4n) is 4.78. The van der Waals surface area contributed by atoms with E-state index in [1.54, 1.807) is 0 Å². The molecule has 2 saturated heterocycles. The minimum Gasteiger partial charge on any atom is -0.390 e. The summed E-state index contributed by atoms with van der Waals surface area (Å²) in [7, 11) is 0. The molecule has 8 heteroatoms. The molecule has 0 radical (unpaired) electrons. The zero-order valence-corrected chi connectivity index (χ0v) is 17.4. The summed E-state index contributed by atoms with van der Waals surface area (Å²) in [5.74, 6) is 0.756. The number of nitrogens with one attached hydrogen (secondary N) is 1. The molecule has 2 fully saturated rings. The van der Waals surface area contributed by atoms with Crippen molar-refractivity contribution in [2.75, 3.05) is 24.6 Å². The Kier molecular flexibility index (Phi) is 4.72. The van der Waals surface area contributed by atoms with Crippen LogP contribution in [0.25, 0.3) is 22.2 Å². The van der Waals surface area contributed by atoms with Crippen LogP contribution in [0.15, 0.2) is 18.2 Å². The van der Waals surface area contributed by atoms with Gasteiger partial charge in [0.05, 0.1) is 35.8 Å². The lowest BCUT2D eigenvalue weighted by molar-refractivity contribution is -0.0597. The van der Waals surface area contributed by atoms with E-state index in [-0.39, 0.29) is 12.0 Å². The van der Waals surface area contributed by atoms with E-state index >= 15 is 0 Å². The highest BCUT2D eigenvalue weighted by atomic mass is 16.6. The first kappa shape index (κ1) is 19.4. The number of aliphatic hydroxyl groups excluding tert-OH is 2. The second-order valence-electron chi connectivity index (χ2n) is 8.61. The third-order valence-corrected chi connectivity index (χ3v) is 6.61. The Balaban J connectivity index is 1.44. The van der Waals surface area contributed by atoms with Gasteiger partial charge in [-0.2, -0.15) is 5.10 Å². The van der Waals surface area contributed by atoms with Gasteiger partial charge in [-0.05, 0) is 32.8 Å². The van der Waals surface area contributed by atoms with Crippen molar-refractivity contribution in [3.05, 3.63) is 35.3 Å². The van der Waals surface area contributed by atoms with Crippen LogP contribution < -0.4 is 4.90 Å². The monoisotopic (exact) mass is 409 g/mol. The molecule has 158 valence electrons. The SMILES string of the molecule is Cc1nc(N2CCC3(CC2)CO[C@@H](O)C3)c(CO)nc1-c1ccc2c(C)n[nH]c2c1. The Bertz CT molecular complexity index is 1090. The molecule has 2 aromatic heterocycles. The molecule has 3 aromatic rings. The summed E-state index contributed by atoms with van der Waals surface area (Å²) < 4.78 is 5.41. The largest absolute Gasteiger partial charge is 0.390 e. The summed E-state index contributed by atoms with van der Waals surface area (Å²) in [4.78, 5) is 11.9. The van der Waals surface area contributed by atoms with Gasteiger partial charge < -0.3 is 19.8 Å². The number of rotatable bonds is 3. The summed E-state index contributed by atoms with van der Waals surface area (Å²) in [6.45, 7) is 6.02. The molecular weight excluding hydrogens is 382 g/mol. The highest BCUT2D eigenvalue weighted by Crippen LogP contribution is 2.42. The quantitative estimate of drug-likeness (QED) is 0.610. The molecule has 0 aliphatic carbocycles. The minimum absolute atomic E-state index is 0.0648. The van der Waals surface area contributed by atoms with Crippen LogP contribution in [0.2, 0.25) is 0 Å². The summed E-state index contributed by atoms with van der Waals surface area (Å²) in [6, 6.07) is 6.10. The second-order valence-corrected chi connectivity index (χ2v) is 8.61. The van der Waals surface area contributed by atoms with Gasteiger partial charge in [0.2, 0.25) is 0 Å². The number of fused-ring (bicyclic) bond motifs is 1. The molecule has 30 heavy (non-hydrogen) atoms. The molecule has 2 aliphatic heterocycles. The van der Waals surface area contributed by atoms with Crippen molar-refractivity contribution >= 4 is 16.7 Å². The van der Waals surface area contributed by atoms with Crippen molar-refractivity contribution in [2.24, 2.45) is 5.41 Å². The highest BCUT2D eigenvalue weighted by molar-refractivity contribution is 5.85. The lowest BCUT2D eigenvalue weighted by Crippen LogP contribution is -2.41. The normalized spacial score (nSPS) is 21.1. The maximum absolute atomic E-state index is 10.0. The maximum Gasteiger partial charge on any atom is 0.155 e. The van der Waals surface area contributed by atoms with E-state index in [4.69, 9.17) is 14.7 Å². The van der Waals surface area contributed by atoms with Gasteiger partial charge in [0.15, 0.2) is 12.1 Å². The predicted octanol–water partition coefficient (Wildman–Crippen LogP) is 2.45. The van der Waals surface area contributed by atoms with E-state index < -0.39 is 6.29 Å². The van der Waals surface area contributed by atoms with Gasteiger partial charge in [0, 0.05) is 35.9 Å². The first-order valence-corrected chi connectivity index (χ1v) is 10.5. The smallest absolute Gasteiger partial charge is 0.155 e. The second kappa shape index (κ2) is 7.30. The van der Waals surface area contributed by atoms with E-state index in [1.165, 1.54) is 0 Å². The van der Waals surface area contributed by atoms with Gasteiger partial charge in [-0.3, -0.25) is 5.10 Å². The van der Waals surface area contributed by atoms with Crippen LogP contribution >= 0.6 is 0 Å². The summed E-state index contributed by atoms with van der Waals surface area (Å²) >= 11 is 0. The van der Waals surface area contributed by atoms with Crippen molar-refractivity contribution in [3.8, 4) is 11.3 Å². The topological polar surface area (TPSA) is 107 Å². The number of anilines is 1. The number of aliphatic hydroxyl groups is 2. The number of aryl methyl sites for hydroxylation is 2. The number of ether oxygens (including phenoxy) is 1. The van der Waals surface area contributed by atoms with E-state index in [9.17, 15) is 10.2 Å². The third-order valence-electron chi connectivity index (χ3n) is 6.61. The fraction of sp³-hybridized carbons (Fsp3) is 0.500. The zero-order chi connectivity index (χ0) is 20.9. The van der Waals surface area contributed by atoms with Crippen LogP contribution in [-0.2, 0) is 11.3 Å². The van der Waals surface area contributed by atoms with Gasteiger partial charge in [-0.25, -0.2) is 9.97 Å². The molecule has 0 amide bonds. The molecule has 4 heterocycles. The van der Waals surface area contributed by atoms with Crippen molar-refractivity contribution in [3.63, 3.8) is 0 Å². The average molecular weight is 409 g/mol. The van der Waals surface area contributed by atoms with E-state index in [0.717, 1.165) is 65.3 Å². The van der Waals surface area contributed by atoms with E-state index in [1.807, 2.05) is 32.0 Å². The zero-order valence-electron chi connectivity index (χ0n) is 17.4. The lowest BCUT2D eigenvalue weighted by Gasteiger charge is -2.39. The van der Waals surface area contributed by atoms with Crippen LogP contribution in [0.4, 0.5) is 5.82 Å². The first-order chi connectivity index (χ1) is 14.5. The van der Waals surface area contributed by atoms with E-state index in [0.29, 0.717) is 18.7 Å². The third kappa shape index (κ3) is 3.25. The number of hydrogen-bond acceptors (Lipinski definition) is 7. The van der Waals surface area contributed by atoms with Gasteiger partial charge in [-0.15, -0.1) is 0 Å². The number of hydrogen-bond donors (Lipinski definition) is 3. The van der Waals surface area contributed by atoms with Crippen LogP contribution in [-0.4, -0.2) is 56.4 Å². The molecule has 2 aliphatic rings. The molecule has 3 N–H and O–H groups in total. The number of benzene rings is 1. The Morgan fingerprint density at radius 3 is 2.70 bits per heavy atom. The number of aromatic nitrogens is 4. The van der Waals surface area contributed by atoms with Gasteiger partial charge >= 0.3 is 0 Å². The molecule has 5 rings (SSSR count). The fourth-order valence-corrected chi connectivity index (χ4v) is 4.78. The van der Waals surface area contributed by atoms with Crippen LogP contribution in [0, 0.1) is 19.3 Å². The molecule has 0 bridgehead atoms. The number of piperidine rings is 1. The van der Waals surface area contributed by atoms with Gasteiger partial charge in [-0.1, -0.05) is 12.1 Å². The number of aromatic amines is 1. The highest BCUT2D eigenvalue weighted by Gasteiger charge is 2.42. The maximum atomic E-state index is 10.0. The minimum atomic E-state index is -0.637. The summed E-state index contributed by atoms with van der Waals surface area (Å²) in [6.07, 6.45) is 1.94. The van der Waals surface area contributed by atoms with Crippen molar-refractivity contribution in [1.82, 2.24) is 20.2 Å². The predicted molar refractivity (Wildman–Crippen MR) is 113 cm³/mol. The molecule has 8 nitrogen and oxygen atoms in total. The number of H-pyrrole nitrogens is 1. The van der Waals surface area contributed by atoms with Crippen LogP contribution in [0.1, 0.15) is 36.3 Å². The van der Waals surface area contributed by atoms with Crippen molar-refractivity contribution in [2.45, 2.75) is 46.0 Å². The van der Waals surface area contributed by atoms with Crippen LogP contribution in [0.5, 0.6) is 0 Å². The molecular formula is C22H27N5O3. The Morgan fingerprint density at radius 2 is 2.00 bits per heavy atom. The molecule has 1 spiro atoms. The van der Waals surface area contributed by atoms with Gasteiger partial charge in [0.25, 0.3) is 0 Å². The Hall–Kier alpha value is -2.55. The van der Waals surface area contributed by atoms with Crippen LogP contribution in [0.3, 0.4) is 0 Å². The Morgan fingerprint density at radius 1 is 1.20 bits per heavy atom. The lowest BCUT2D eigenvalue weighted by atomic mass is 9.77. The van der Waals surface area contributed by atoms with Crippen molar-refractivity contribution < 1.29 is 14.9 Å². The average Bonchev–Trinajstić information content (AvgIpc) is 3.30.